The molecule has 6 nitrogen and oxygen atoms in total. The van der Waals surface area contributed by atoms with E-state index in [0.717, 1.165) is 5.56 Å². The molecule has 0 fully saturated rings. The molecule has 3 N–H and O–H groups in total. The smallest absolute Gasteiger partial charge is 0.278 e. The average molecular weight is 291 g/mol. The third kappa shape index (κ3) is 3.17. The summed E-state index contributed by atoms with van der Waals surface area (Å²) in [5.74, 6) is 5.29. The van der Waals surface area contributed by atoms with Crippen LogP contribution in [0.15, 0.2) is 35.7 Å². The highest BCUT2D eigenvalue weighted by Crippen LogP contribution is 2.19. The van der Waals surface area contributed by atoms with Crippen LogP contribution in [0.25, 0.3) is 0 Å². The molecule has 0 aliphatic rings. The van der Waals surface area contributed by atoms with E-state index in [9.17, 15) is 8.42 Å². The number of aromatic nitrogens is 2. The molecule has 0 saturated heterocycles. The molecule has 20 heavy (non-hydrogen) atoms. The van der Waals surface area contributed by atoms with Crippen LogP contribution in [0.5, 0.6) is 0 Å². The quantitative estimate of drug-likeness (QED) is 0.731. The number of hydrogen-bond donors (Lipinski definition) is 3. The number of nitrogens with zero attached hydrogens (tertiary/aromatic N) is 1. The lowest BCUT2D eigenvalue weighted by atomic mass is 10.1. The van der Waals surface area contributed by atoms with Gasteiger partial charge in [-0.1, -0.05) is 11.8 Å². The van der Waals surface area contributed by atoms with Crippen molar-refractivity contribution < 1.29 is 13.5 Å². The molecule has 0 radical (unpaired) electrons. The number of aliphatic hydroxyl groups excluding tert-OH is 1. The molecular weight excluding hydrogens is 278 g/mol. The van der Waals surface area contributed by atoms with Crippen LogP contribution in [0, 0.1) is 18.8 Å². The van der Waals surface area contributed by atoms with Crippen molar-refractivity contribution in [2.24, 2.45) is 0 Å². The van der Waals surface area contributed by atoms with Gasteiger partial charge in [-0.3, -0.25) is 4.72 Å². The average Bonchev–Trinajstić information content (AvgIpc) is 2.94. The first-order chi connectivity index (χ1) is 9.53. The van der Waals surface area contributed by atoms with Gasteiger partial charge in [-0.15, -0.1) is 0 Å². The van der Waals surface area contributed by atoms with Gasteiger partial charge in [0, 0.05) is 5.56 Å². The van der Waals surface area contributed by atoms with Crippen LogP contribution in [0.1, 0.15) is 11.1 Å². The van der Waals surface area contributed by atoms with Crippen LogP contribution in [-0.2, 0) is 10.0 Å². The highest BCUT2D eigenvalue weighted by Gasteiger charge is 2.16. The number of anilines is 1. The van der Waals surface area contributed by atoms with Gasteiger partial charge in [0.1, 0.15) is 6.61 Å². The fourth-order valence-electron chi connectivity index (χ4n) is 1.59. The standard InChI is InChI=1S/C13H13N3O3S/c1-10-7-11(3-2-6-17)4-5-12(10)16-20(18,19)13-8-14-9-15-13/h4-5,7-9,16-17H,6H2,1H3,(H,14,15). The first-order valence-electron chi connectivity index (χ1n) is 5.74. The molecular formula is C13H13N3O3S. The zero-order valence-corrected chi connectivity index (χ0v) is 11.5. The summed E-state index contributed by atoms with van der Waals surface area (Å²) < 4.78 is 26.5. The molecule has 0 saturated carbocycles. The van der Waals surface area contributed by atoms with Gasteiger partial charge in [0.2, 0.25) is 0 Å². The van der Waals surface area contributed by atoms with E-state index >= 15 is 0 Å². The van der Waals surface area contributed by atoms with Crippen LogP contribution in [0.2, 0.25) is 0 Å². The number of aromatic amines is 1. The van der Waals surface area contributed by atoms with Crippen LogP contribution >= 0.6 is 0 Å². The molecule has 2 aromatic rings. The van der Waals surface area contributed by atoms with Crippen molar-refractivity contribution in [1.29, 1.82) is 0 Å². The van der Waals surface area contributed by atoms with Crippen LogP contribution in [0.4, 0.5) is 5.69 Å². The van der Waals surface area contributed by atoms with Gasteiger partial charge in [0.05, 0.1) is 18.2 Å². The van der Waals surface area contributed by atoms with Crippen molar-refractivity contribution in [1.82, 2.24) is 9.97 Å². The zero-order valence-electron chi connectivity index (χ0n) is 10.7. The highest BCUT2D eigenvalue weighted by molar-refractivity contribution is 7.92. The minimum absolute atomic E-state index is 0.000971. The van der Waals surface area contributed by atoms with E-state index in [4.69, 9.17) is 5.11 Å². The predicted octanol–water partition coefficient (Wildman–Crippen LogP) is 0.863. The Morgan fingerprint density at radius 2 is 2.25 bits per heavy atom. The van der Waals surface area contributed by atoms with Crippen molar-refractivity contribution in [2.45, 2.75) is 11.9 Å². The molecule has 0 amide bonds. The fourth-order valence-corrected chi connectivity index (χ4v) is 2.62. The predicted molar refractivity (Wildman–Crippen MR) is 74.5 cm³/mol. The number of aliphatic hydroxyl groups is 1. The summed E-state index contributed by atoms with van der Waals surface area (Å²) in [5, 5.41) is 8.64. The van der Waals surface area contributed by atoms with Gasteiger partial charge in [-0.25, -0.2) is 4.98 Å². The normalized spacial score (nSPS) is 10.7. The number of sulfonamides is 1. The molecule has 1 aromatic heterocycles. The summed E-state index contributed by atoms with van der Waals surface area (Å²) in [6.07, 6.45) is 2.54. The summed E-state index contributed by atoms with van der Waals surface area (Å²) in [7, 11) is -3.67. The van der Waals surface area contributed by atoms with E-state index in [1.807, 2.05) is 0 Å². The minimum Gasteiger partial charge on any atom is -0.384 e. The van der Waals surface area contributed by atoms with Gasteiger partial charge in [-0.2, -0.15) is 8.42 Å². The number of nitrogens with one attached hydrogen (secondary N) is 2. The van der Waals surface area contributed by atoms with Gasteiger partial charge < -0.3 is 10.1 Å². The molecule has 0 spiro atoms. The summed E-state index contributed by atoms with van der Waals surface area (Å²) >= 11 is 0. The molecule has 1 aromatic carbocycles. The Bertz CT molecular complexity index is 756. The maximum Gasteiger partial charge on any atom is 0.278 e. The van der Waals surface area contributed by atoms with Crippen molar-refractivity contribution in [3.63, 3.8) is 0 Å². The van der Waals surface area contributed by atoms with Gasteiger partial charge in [-0.05, 0) is 30.7 Å². The summed E-state index contributed by atoms with van der Waals surface area (Å²) in [6.45, 7) is 1.56. The SMILES string of the molecule is Cc1cc(C#CCO)ccc1NS(=O)(=O)c1cnc[nH]1. The highest BCUT2D eigenvalue weighted by atomic mass is 32.2. The molecule has 2 rings (SSSR count). The van der Waals surface area contributed by atoms with Gasteiger partial charge in [0.15, 0.2) is 5.03 Å². The summed E-state index contributed by atoms with van der Waals surface area (Å²) in [6, 6.07) is 5.05. The third-order valence-corrected chi connectivity index (χ3v) is 3.84. The molecule has 0 aliphatic carbocycles. The molecule has 1 heterocycles. The lowest BCUT2D eigenvalue weighted by molar-refractivity contribution is 0.350. The lowest BCUT2D eigenvalue weighted by Gasteiger charge is -2.09. The number of benzene rings is 1. The number of H-pyrrole nitrogens is 1. The van der Waals surface area contributed by atoms with Crippen LogP contribution < -0.4 is 4.72 Å². The van der Waals surface area contributed by atoms with E-state index in [1.165, 1.54) is 12.5 Å². The van der Waals surface area contributed by atoms with Crippen molar-refractivity contribution in [2.75, 3.05) is 11.3 Å². The van der Waals surface area contributed by atoms with E-state index in [-0.39, 0.29) is 11.6 Å². The van der Waals surface area contributed by atoms with Crippen LogP contribution in [-0.4, -0.2) is 30.1 Å². The molecule has 0 bridgehead atoms. The minimum atomic E-state index is -3.67. The van der Waals surface area contributed by atoms with Crippen LogP contribution in [0.3, 0.4) is 0 Å². The number of aryl methyl sites for hydroxylation is 1. The number of imidazole rings is 1. The monoisotopic (exact) mass is 291 g/mol. The van der Waals surface area contributed by atoms with E-state index in [2.05, 4.69) is 26.5 Å². The molecule has 7 heteroatoms. The Kier molecular flexibility index (Phi) is 4.08. The fraction of sp³-hybridized carbons (Fsp3) is 0.154. The second-order valence-corrected chi connectivity index (χ2v) is 5.66. The van der Waals surface area contributed by atoms with E-state index < -0.39 is 10.0 Å². The summed E-state index contributed by atoms with van der Waals surface area (Å²) in [5.41, 5.74) is 1.91. The molecule has 0 atom stereocenters. The van der Waals surface area contributed by atoms with Gasteiger partial charge >= 0.3 is 0 Å². The van der Waals surface area contributed by atoms with Crippen molar-refractivity contribution >= 4 is 15.7 Å². The number of rotatable bonds is 3. The van der Waals surface area contributed by atoms with E-state index in [1.54, 1.807) is 25.1 Å². The zero-order chi connectivity index (χ0) is 14.6. The topological polar surface area (TPSA) is 95.1 Å². The molecule has 0 unspecified atom stereocenters. The Hall–Kier alpha value is -2.30. The first-order valence-corrected chi connectivity index (χ1v) is 7.23. The first kappa shape index (κ1) is 14.1. The molecule has 0 aliphatic heterocycles. The number of hydrogen-bond acceptors (Lipinski definition) is 4. The lowest BCUT2D eigenvalue weighted by Crippen LogP contribution is -2.14. The van der Waals surface area contributed by atoms with Gasteiger partial charge in [0.25, 0.3) is 10.0 Å². The Labute approximate surface area is 116 Å². The second-order valence-electron chi connectivity index (χ2n) is 4.01. The van der Waals surface area contributed by atoms with E-state index in [0.29, 0.717) is 11.3 Å². The Morgan fingerprint density at radius 1 is 1.45 bits per heavy atom. The summed E-state index contributed by atoms with van der Waals surface area (Å²) in [4.78, 5) is 6.23. The second kappa shape index (κ2) is 5.77. The molecule has 104 valence electrons. The maximum atomic E-state index is 12.0. The largest absolute Gasteiger partial charge is 0.384 e. The maximum absolute atomic E-state index is 12.0. The Morgan fingerprint density at radius 3 is 2.85 bits per heavy atom. The Balaban J connectivity index is 2.27. The third-order valence-electron chi connectivity index (χ3n) is 2.55. The van der Waals surface area contributed by atoms with Crippen molar-refractivity contribution in [3.8, 4) is 11.8 Å². The van der Waals surface area contributed by atoms with Crippen molar-refractivity contribution in [3.05, 3.63) is 41.9 Å².